The van der Waals surface area contributed by atoms with Gasteiger partial charge in [0.15, 0.2) is 11.5 Å². The molecule has 1 heterocycles. The summed E-state index contributed by atoms with van der Waals surface area (Å²) >= 11 is 0. The molecule has 0 spiro atoms. The molecule has 0 radical (unpaired) electrons. The molecule has 7 heteroatoms. The van der Waals surface area contributed by atoms with E-state index in [2.05, 4.69) is 5.32 Å². The Morgan fingerprint density at radius 2 is 1.86 bits per heavy atom. The minimum atomic E-state index is -0.243. The maximum absolute atomic E-state index is 12.6. The molecule has 2 aromatic rings. The second-order valence-electron chi connectivity index (χ2n) is 6.36. The second kappa shape index (κ2) is 9.23. The molecule has 1 N–H and O–H groups in total. The minimum Gasteiger partial charge on any atom is -0.493 e. The number of benzene rings is 2. The third kappa shape index (κ3) is 4.61. The van der Waals surface area contributed by atoms with Gasteiger partial charge in [0, 0.05) is 43.1 Å². The van der Waals surface area contributed by atoms with Gasteiger partial charge in [0.1, 0.15) is 6.61 Å². The molecule has 3 rings (SSSR count). The highest BCUT2D eigenvalue weighted by Gasteiger charge is 2.21. The molecule has 2 amide bonds. The van der Waals surface area contributed by atoms with Crippen molar-refractivity contribution in [1.82, 2.24) is 0 Å². The van der Waals surface area contributed by atoms with Crippen molar-refractivity contribution in [1.29, 1.82) is 0 Å². The zero-order valence-corrected chi connectivity index (χ0v) is 16.1. The Kier molecular flexibility index (Phi) is 6.49. The number of amides is 2. The molecule has 0 aromatic heterocycles. The summed E-state index contributed by atoms with van der Waals surface area (Å²) in [5.74, 6) is 0.984. The van der Waals surface area contributed by atoms with E-state index in [-0.39, 0.29) is 11.8 Å². The number of carbonyl (C=O) groups is 2. The SMILES string of the molecule is COCCOc1cc(NC(=O)c2ccc(N3CCCC3=O)cc2)ccc1OC. The van der Waals surface area contributed by atoms with Crippen LogP contribution in [0.1, 0.15) is 23.2 Å². The molecule has 1 fully saturated rings. The number of carbonyl (C=O) groups excluding carboxylic acids is 2. The predicted octanol–water partition coefficient (Wildman–Crippen LogP) is 3.10. The smallest absolute Gasteiger partial charge is 0.255 e. The van der Waals surface area contributed by atoms with Gasteiger partial charge in [0.25, 0.3) is 5.91 Å². The molecule has 28 heavy (non-hydrogen) atoms. The number of methoxy groups -OCH3 is 2. The van der Waals surface area contributed by atoms with Gasteiger partial charge >= 0.3 is 0 Å². The number of anilines is 2. The zero-order chi connectivity index (χ0) is 19.9. The first kappa shape index (κ1) is 19.7. The summed E-state index contributed by atoms with van der Waals surface area (Å²) in [6, 6.07) is 12.2. The van der Waals surface area contributed by atoms with Crippen molar-refractivity contribution < 1.29 is 23.8 Å². The van der Waals surface area contributed by atoms with Crippen LogP contribution in [0.4, 0.5) is 11.4 Å². The molecule has 0 saturated carbocycles. The summed E-state index contributed by atoms with van der Waals surface area (Å²) in [7, 11) is 3.16. The topological polar surface area (TPSA) is 77.1 Å². The summed E-state index contributed by atoms with van der Waals surface area (Å²) in [6.07, 6.45) is 1.45. The minimum absolute atomic E-state index is 0.122. The van der Waals surface area contributed by atoms with Gasteiger partial charge in [-0.25, -0.2) is 0 Å². The van der Waals surface area contributed by atoms with Crippen molar-refractivity contribution in [3.05, 3.63) is 48.0 Å². The number of hydrogen-bond donors (Lipinski definition) is 1. The third-order valence-electron chi connectivity index (χ3n) is 4.48. The number of ether oxygens (including phenoxy) is 3. The highest BCUT2D eigenvalue weighted by molar-refractivity contribution is 6.05. The molecular formula is C21H24N2O5. The number of nitrogens with zero attached hydrogens (tertiary/aromatic N) is 1. The van der Waals surface area contributed by atoms with Crippen LogP contribution in [-0.2, 0) is 9.53 Å². The van der Waals surface area contributed by atoms with Gasteiger partial charge in [-0.2, -0.15) is 0 Å². The maximum Gasteiger partial charge on any atom is 0.255 e. The maximum atomic E-state index is 12.6. The number of nitrogens with one attached hydrogen (secondary N) is 1. The molecule has 1 saturated heterocycles. The molecule has 0 bridgehead atoms. The van der Waals surface area contributed by atoms with Gasteiger partial charge in [-0.15, -0.1) is 0 Å². The summed E-state index contributed by atoms with van der Waals surface area (Å²) in [6.45, 7) is 1.55. The van der Waals surface area contributed by atoms with Crippen LogP contribution in [0.2, 0.25) is 0 Å². The van der Waals surface area contributed by atoms with E-state index in [1.165, 1.54) is 0 Å². The summed E-state index contributed by atoms with van der Waals surface area (Å²) in [4.78, 5) is 26.1. The molecular weight excluding hydrogens is 360 g/mol. The van der Waals surface area contributed by atoms with E-state index >= 15 is 0 Å². The average Bonchev–Trinajstić information content (AvgIpc) is 3.14. The molecule has 0 unspecified atom stereocenters. The normalized spacial score (nSPS) is 13.5. The van der Waals surface area contributed by atoms with Crippen molar-refractivity contribution in [2.75, 3.05) is 44.2 Å². The third-order valence-corrected chi connectivity index (χ3v) is 4.48. The molecule has 148 valence electrons. The number of rotatable bonds is 8. The number of hydrogen-bond acceptors (Lipinski definition) is 5. The van der Waals surface area contributed by atoms with Crippen molar-refractivity contribution in [2.24, 2.45) is 0 Å². The van der Waals surface area contributed by atoms with E-state index in [1.807, 2.05) is 0 Å². The van der Waals surface area contributed by atoms with E-state index in [0.717, 1.165) is 18.7 Å². The van der Waals surface area contributed by atoms with Gasteiger partial charge in [0.05, 0.1) is 13.7 Å². The fraction of sp³-hybridized carbons (Fsp3) is 0.333. The van der Waals surface area contributed by atoms with Crippen molar-refractivity contribution >= 4 is 23.2 Å². The van der Waals surface area contributed by atoms with Crippen LogP contribution in [0, 0.1) is 0 Å². The Hall–Kier alpha value is -3.06. The lowest BCUT2D eigenvalue weighted by Gasteiger charge is -2.16. The Labute approximate surface area is 164 Å². The van der Waals surface area contributed by atoms with E-state index in [1.54, 1.807) is 61.6 Å². The highest BCUT2D eigenvalue weighted by Crippen LogP contribution is 2.30. The lowest BCUT2D eigenvalue weighted by Crippen LogP contribution is -2.23. The summed E-state index contributed by atoms with van der Waals surface area (Å²) in [5, 5.41) is 2.85. The standard InChI is InChI=1S/C21H24N2O5/c1-26-12-13-28-19-14-16(7-10-18(19)27-2)22-21(25)15-5-8-17(9-6-15)23-11-3-4-20(23)24/h5-10,14H,3-4,11-13H2,1-2H3,(H,22,25). The fourth-order valence-corrected chi connectivity index (χ4v) is 3.02. The Balaban J connectivity index is 1.68. The van der Waals surface area contributed by atoms with E-state index < -0.39 is 0 Å². The van der Waals surface area contributed by atoms with Crippen molar-refractivity contribution in [3.63, 3.8) is 0 Å². The molecule has 2 aromatic carbocycles. The Morgan fingerprint density at radius 3 is 2.50 bits per heavy atom. The van der Waals surface area contributed by atoms with Crippen LogP contribution < -0.4 is 19.7 Å². The summed E-state index contributed by atoms with van der Waals surface area (Å²) in [5.41, 5.74) is 1.92. The first-order chi connectivity index (χ1) is 13.6. The Bertz CT molecular complexity index is 835. The van der Waals surface area contributed by atoms with Crippen LogP contribution >= 0.6 is 0 Å². The van der Waals surface area contributed by atoms with Gasteiger partial charge in [-0.05, 0) is 42.8 Å². The first-order valence-corrected chi connectivity index (χ1v) is 9.14. The van der Waals surface area contributed by atoms with Crippen molar-refractivity contribution in [2.45, 2.75) is 12.8 Å². The molecule has 1 aliphatic heterocycles. The first-order valence-electron chi connectivity index (χ1n) is 9.14. The molecule has 7 nitrogen and oxygen atoms in total. The lowest BCUT2D eigenvalue weighted by atomic mass is 10.1. The molecule has 0 aliphatic carbocycles. The Morgan fingerprint density at radius 1 is 1.07 bits per heavy atom. The predicted molar refractivity (Wildman–Crippen MR) is 106 cm³/mol. The second-order valence-corrected chi connectivity index (χ2v) is 6.36. The van der Waals surface area contributed by atoms with Gasteiger partial charge < -0.3 is 24.4 Å². The van der Waals surface area contributed by atoms with Crippen LogP contribution in [0.25, 0.3) is 0 Å². The largest absolute Gasteiger partial charge is 0.493 e. The van der Waals surface area contributed by atoms with Crippen LogP contribution in [0.15, 0.2) is 42.5 Å². The molecule has 1 aliphatic rings. The quantitative estimate of drug-likeness (QED) is 0.708. The monoisotopic (exact) mass is 384 g/mol. The van der Waals surface area contributed by atoms with Crippen LogP contribution in [0.3, 0.4) is 0 Å². The molecule has 0 atom stereocenters. The average molecular weight is 384 g/mol. The van der Waals surface area contributed by atoms with Crippen LogP contribution in [-0.4, -0.2) is 45.8 Å². The van der Waals surface area contributed by atoms with Gasteiger partial charge in [-0.3, -0.25) is 9.59 Å². The van der Waals surface area contributed by atoms with Crippen LogP contribution in [0.5, 0.6) is 11.5 Å². The van der Waals surface area contributed by atoms with Crippen molar-refractivity contribution in [3.8, 4) is 11.5 Å². The lowest BCUT2D eigenvalue weighted by molar-refractivity contribution is -0.117. The highest BCUT2D eigenvalue weighted by atomic mass is 16.5. The van der Waals surface area contributed by atoms with E-state index in [0.29, 0.717) is 42.4 Å². The fourth-order valence-electron chi connectivity index (χ4n) is 3.02. The van der Waals surface area contributed by atoms with E-state index in [9.17, 15) is 9.59 Å². The van der Waals surface area contributed by atoms with E-state index in [4.69, 9.17) is 14.2 Å². The zero-order valence-electron chi connectivity index (χ0n) is 16.1. The summed E-state index contributed by atoms with van der Waals surface area (Å²) < 4.78 is 15.9. The van der Waals surface area contributed by atoms with Gasteiger partial charge in [0.2, 0.25) is 5.91 Å². The van der Waals surface area contributed by atoms with Gasteiger partial charge in [-0.1, -0.05) is 0 Å².